The maximum atomic E-state index is 9.55. The Morgan fingerprint density at radius 1 is 1.16 bits per heavy atom. The standard InChI is InChI=1S/C16H15NO2/c1-11-9-13(7-8-15(11)18)14-10-16(19-17-14)12-5-3-2-4-6-12/h2-9,16,18H,10H2,1H3. The summed E-state index contributed by atoms with van der Waals surface area (Å²) in [6.45, 7) is 1.88. The van der Waals surface area contributed by atoms with Crippen LogP contribution < -0.4 is 0 Å². The Morgan fingerprint density at radius 3 is 2.68 bits per heavy atom. The zero-order valence-electron chi connectivity index (χ0n) is 10.7. The lowest BCUT2D eigenvalue weighted by Gasteiger charge is -2.07. The van der Waals surface area contributed by atoms with Gasteiger partial charge in [0.25, 0.3) is 0 Å². The Morgan fingerprint density at radius 2 is 1.95 bits per heavy atom. The monoisotopic (exact) mass is 253 g/mol. The third-order valence-electron chi connectivity index (χ3n) is 3.37. The summed E-state index contributed by atoms with van der Waals surface area (Å²) in [5.74, 6) is 0.308. The van der Waals surface area contributed by atoms with Gasteiger partial charge in [-0.2, -0.15) is 0 Å². The lowest BCUT2D eigenvalue weighted by Crippen LogP contribution is -2.01. The summed E-state index contributed by atoms with van der Waals surface area (Å²) in [6.07, 6.45) is 0.749. The number of aromatic hydroxyl groups is 1. The van der Waals surface area contributed by atoms with Gasteiger partial charge in [0.05, 0.1) is 5.71 Å². The van der Waals surface area contributed by atoms with Gasteiger partial charge in [-0.25, -0.2) is 0 Å². The molecule has 0 spiro atoms. The topological polar surface area (TPSA) is 41.8 Å². The minimum absolute atomic E-state index is 0.00897. The van der Waals surface area contributed by atoms with Gasteiger partial charge in [0, 0.05) is 6.42 Å². The predicted octanol–water partition coefficient (Wildman–Crippen LogP) is 3.57. The van der Waals surface area contributed by atoms with E-state index in [9.17, 15) is 5.11 Å². The van der Waals surface area contributed by atoms with Crippen LogP contribution in [0.15, 0.2) is 53.7 Å². The van der Waals surface area contributed by atoms with Gasteiger partial charge in [-0.15, -0.1) is 0 Å². The van der Waals surface area contributed by atoms with Crippen molar-refractivity contribution < 1.29 is 9.94 Å². The van der Waals surface area contributed by atoms with Crippen molar-refractivity contribution >= 4 is 5.71 Å². The summed E-state index contributed by atoms with van der Waals surface area (Å²) in [5.41, 5.74) is 3.92. The number of hydrogen-bond donors (Lipinski definition) is 1. The van der Waals surface area contributed by atoms with Gasteiger partial charge in [0.2, 0.25) is 0 Å². The van der Waals surface area contributed by atoms with Crippen LogP contribution in [0.4, 0.5) is 0 Å². The molecule has 0 aromatic heterocycles. The van der Waals surface area contributed by atoms with Crippen LogP contribution in [0.2, 0.25) is 0 Å². The van der Waals surface area contributed by atoms with E-state index < -0.39 is 0 Å². The molecule has 0 bridgehead atoms. The molecule has 2 aromatic carbocycles. The van der Waals surface area contributed by atoms with Crippen LogP contribution in [0.25, 0.3) is 0 Å². The SMILES string of the molecule is Cc1cc(C2=NOC(c3ccccc3)C2)ccc1O. The highest BCUT2D eigenvalue weighted by molar-refractivity contribution is 6.01. The summed E-state index contributed by atoms with van der Waals surface area (Å²) in [6, 6.07) is 15.6. The number of oxime groups is 1. The fourth-order valence-corrected chi connectivity index (χ4v) is 2.23. The lowest BCUT2D eigenvalue weighted by atomic mass is 9.99. The lowest BCUT2D eigenvalue weighted by molar-refractivity contribution is 0.0857. The zero-order valence-corrected chi connectivity index (χ0v) is 10.7. The summed E-state index contributed by atoms with van der Waals surface area (Å²) in [5, 5.41) is 13.7. The van der Waals surface area contributed by atoms with Gasteiger partial charge in [0.15, 0.2) is 6.10 Å². The molecule has 0 aliphatic carbocycles. The third-order valence-corrected chi connectivity index (χ3v) is 3.37. The van der Waals surface area contributed by atoms with E-state index in [1.165, 1.54) is 0 Å². The number of phenolic OH excluding ortho intramolecular Hbond substituents is 1. The molecular weight excluding hydrogens is 238 g/mol. The summed E-state index contributed by atoms with van der Waals surface area (Å²) in [7, 11) is 0. The van der Waals surface area contributed by atoms with Crippen molar-refractivity contribution in [3.8, 4) is 5.75 Å². The average Bonchev–Trinajstić information content (AvgIpc) is 2.93. The van der Waals surface area contributed by atoms with E-state index in [0.717, 1.165) is 28.8 Å². The largest absolute Gasteiger partial charge is 0.508 e. The van der Waals surface area contributed by atoms with Crippen LogP contribution in [0.3, 0.4) is 0 Å². The van der Waals surface area contributed by atoms with Crippen molar-refractivity contribution in [2.45, 2.75) is 19.4 Å². The molecule has 96 valence electrons. The van der Waals surface area contributed by atoms with Crippen LogP contribution in [0.5, 0.6) is 5.75 Å². The molecule has 0 saturated carbocycles. The molecule has 1 unspecified atom stereocenters. The van der Waals surface area contributed by atoms with Gasteiger partial charge < -0.3 is 9.94 Å². The van der Waals surface area contributed by atoms with E-state index in [1.807, 2.05) is 49.4 Å². The smallest absolute Gasteiger partial charge is 0.158 e. The molecule has 0 saturated heterocycles. The third kappa shape index (κ3) is 2.32. The van der Waals surface area contributed by atoms with Crippen molar-refractivity contribution in [1.82, 2.24) is 0 Å². The number of phenols is 1. The van der Waals surface area contributed by atoms with Crippen molar-refractivity contribution in [2.24, 2.45) is 5.16 Å². The molecule has 1 heterocycles. The highest BCUT2D eigenvalue weighted by Gasteiger charge is 2.23. The second kappa shape index (κ2) is 4.76. The van der Waals surface area contributed by atoms with Gasteiger partial charge in [0.1, 0.15) is 5.75 Å². The Kier molecular flexibility index (Phi) is 2.95. The molecule has 0 amide bonds. The highest BCUT2D eigenvalue weighted by atomic mass is 16.6. The van der Waals surface area contributed by atoms with E-state index in [2.05, 4.69) is 5.16 Å². The first-order chi connectivity index (χ1) is 9.24. The molecule has 3 heteroatoms. The summed E-state index contributed by atoms with van der Waals surface area (Å²) in [4.78, 5) is 5.50. The molecule has 3 nitrogen and oxygen atoms in total. The molecule has 1 atom stereocenters. The predicted molar refractivity (Wildman–Crippen MR) is 74.3 cm³/mol. The van der Waals surface area contributed by atoms with Gasteiger partial charge in [-0.05, 0) is 41.8 Å². The number of aryl methyl sites for hydroxylation is 1. The number of hydrogen-bond acceptors (Lipinski definition) is 3. The van der Waals surface area contributed by atoms with Crippen molar-refractivity contribution in [3.05, 3.63) is 65.2 Å². The minimum atomic E-state index is -0.00897. The Bertz CT molecular complexity index is 620. The maximum absolute atomic E-state index is 9.55. The van der Waals surface area contributed by atoms with Crippen LogP contribution in [0.1, 0.15) is 29.2 Å². The average molecular weight is 253 g/mol. The fraction of sp³-hybridized carbons (Fsp3) is 0.188. The van der Waals surface area contributed by atoms with E-state index in [1.54, 1.807) is 6.07 Å². The van der Waals surface area contributed by atoms with E-state index in [-0.39, 0.29) is 6.10 Å². The normalized spacial score (nSPS) is 17.9. The number of rotatable bonds is 2. The second-order valence-electron chi connectivity index (χ2n) is 4.75. The molecule has 2 aromatic rings. The zero-order chi connectivity index (χ0) is 13.2. The van der Waals surface area contributed by atoms with Gasteiger partial charge in [-0.1, -0.05) is 35.5 Å². The molecular formula is C16H15NO2. The molecule has 19 heavy (non-hydrogen) atoms. The quantitative estimate of drug-likeness (QED) is 0.889. The Balaban J connectivity index is 1.80. The summed E-state index contributed by atoms with van der Waals surface area (Å²) < 4.78 is 0. The van der Waals surface area contributed by atoms with Gasteiger partial charge >= 0.3 is 0 Å². The number of nitrogens with zero attached hydrogens (tertiary/aromatic N) is 1. The van der Waals surface area contributed by atoms with Crippen molar-refractivity contribution in [3.63, 3.8) is 0 Å². The van der Waals surface area contributed by atoms with Crippen LogP contribution in [-0.2, 0) is 4.84 Å². The molecule has 0 radical (unpaired) electrons. The van der Waals surface area contributed by atoms with E-state index in [0.29, 0.717) is 5.75 Å². The highest BCUT2D eigenvalue weighted by Crippen LogP contribution is 2.30. The first kappa shape index (κ1) is 11.8. The molecule has 0 fully saturated rings. The van der Waals surface area contributed by atoms with Crippen LogP contribution in [0, 0.1) is 6.92 Å². The van der Waals surface area contributed by atoms with E-state index >= 15 is 0 Å². The molecule has 1 aliphatic rings. The minimum Gasteiger partial charge on any atom is -0.508 e. The van der Waals surface area contributed by atoms with Crippen molar-refractivity contribution in [1.29, 1.82) is 0 Å². The first-order valence-corrected chi connectivity index (χ1v) is 6.31. The van der Waals surface area contributed by atoms with E-state index in [4.69, 9.17) is 4.84 Å². The van der Waals surface area contributed by atoms with Crippen LogP contribution in [-0.4, -0.2) is 10.8 Å². The molecule has 1 aliphatic heterocycles. The Hall–Kier alpha value is -2.29. The maximum Gasteiger partial charge on any atom is 0.158 e. The number of benzene rings is 2. The summed E-state index contributed by atoms with van der Waals surface area (Å²) >= 11 is 0. The first-order valence-electron chi connectivity index (χ1n) is 6.31. The Labute approximate surface area is 112 Å². The fourth-order valence-electron chi connectivity index (χ4n) is 2.23. The van der Waals surface area contributed by atoms with Gasteiger partial charge in [-0.3, -0.25) is 0 Å². The van der Waals surface area contributed by atoms with Crippen molar-refractivity contribution in [2.75, 3.05) is 0 Å². The molecule has 3 rings (SSSR count). The molecule has 1 N–H and O–H groups in total. The second-order valence-corrected chi connectivity index (χ2v) is 4.75. The van der Waals surface area contributed by atoms with Crippen LogP contribution >= 0.6 is 0 Å².